The molecule has 0 bridgehead atoms. The molecular formula is C35H38N4O9S. The van der Waals surface area contributed by atoms with Crippen LogP contribution in [0.15, 0.2) is 60.7 Å². The van der Waals surface area contributed by atoms with Gasteiger partial charge in [-0.3, -0.25) is 14.9 Å². The van der Waals surface area contributed by atoms with Crippen LogP contribution in [0.4, 0.5) is 11.4 Å². The fourth-order valence-corrected chi connectivity index (χ4v) is 7.99. The van der Waals surface area contributed by atoms with Gasteiger partial charge in [-0.15, -0.1) is 0 Å². The number of carbonyl (C=O) groups is 2. The summed E-state index contributed by atoms with van der Waals surface area (Å²) in [6, 6.07) is 16.7. The monoisotopic (exact) mass is 690 g/mol. The minimum absolute atomic E-state index is 0.0210. The quantitative estimate of drug-likeness (QED) is 0.147. The highest BCUT2D eigenvalue weighted by Crippen LogP contribution is 2.44. The molecule has 2 N–H and O–H groups in total. The molecule has 258 valence electrons. The van der Waals surface area contributed by atoms with Gasteiger partial charge in [0.25, 0.3) is 5.69 Å². The molecule has 0 amide bonds. The molecule has 0 atom stereocenters. The lowest BCUT2D eigenvalue weighted by molar-refractivity contribution is -0.384. The Hall–Kier alpha value is -4.95. The Morgan fingerprint density at radius 3 is 2.24 bits per heavy atom. The maximum atomic E-state index is 12.1. The van der Waals surface area contributed by atoms with Crippen molar-refractivity contribution < 1.29 is 37.9 Å². The molecule has 1 saturated carbocycles. The lowest BCUT2D eigenvalue weighted by Gasteiger charge is -2.35. The van der Waals surface area contributed by atoms with Gasteiger partial charge in [-0.05, 0) is 72.4 Å². The SMILES string of the molecule is CS(=O)(=O)N1CCN(c2ccc([N+](=O)[O-])cc2COc2ccc(-c3c(C4CCCCC4)c4ccc(C(=O)O)cc4n3CC(=O)O)cc2)CC1. The van der Waals surface area contributed by atoms with Crippen molar-refractivity contribution in [2.24, 2.45) is 0 Å². The highest BCUT2D eigenvalue weighted by Gasteiger charge is 2.29. The number of nitro groups is 1. The summed E-state index contributed by atoms with van der Waals surface area (Å²) in [6.07, 6.45) is 6.34. The lowest BCUT2D eigenvalue weighted by atomic mass is 9.82. The first kappa shape index (κ1) is 33.9. The minimum atomic E-state index is -3.32. The van der Waals surface area contributed by atoms with Gasteiger partial charge in [0.1, 0.15) is 18.9 Å². The summed E-state index contributed by atoms with van der Waals surface area (Å²) in [4.78, 5) is 37.1. The molecule has 0 spiro atoms. The second-order valence-corrected chi connectivity index (χ2v) is 14.6. The third-order valence-electron chi connectivity index (χ3n) is 9.50. The third kappa shape index (κ3) is 7.25. The van der Waals surface area contributed by atoms with Crippen LogP contribution in [-0.2, 0) is 28.0 Å². The lowest BCUT2D eigenvalue weighted by Crippen LogP contribution is -2.48. The molecule has 1 aliphatic carbocycles. The van der Waals surface area contributed by atoms with Crippen molar-refractivity contribution in [2.75, 3.05) is 37.3 Å². The van der Waals surface area contributed by atoms with Crippen LogP contribution in [-0.4, -0.2) is 76.8 Å². The first-order valence-electron chi connectivity index (χ1n) is 16.2. The number of aromatic nitrogens is 1. The zero-order chi connectivity index (χ0) is 34.9. The molecule has 14 heteroatoms. The second-order valence-electron chi connectivity index (χ2n) is 12.6. The number of nitrogens with zero attached hydrogens (tertiary/aromatic N) is 4. The molecular weight excluding hydrogens is 652 g/mol. The summed E-state index contributed by atoms with van der Waals surface area (Å²) in [7, 11) is -3.32. The van der Waals surface area contributed by atoms with E-state index in [2.05, 4.69) is 0 Å². The van der Waals surface area contributed by atoms with Gasteiger partial charge in [-0.2, -0.15) is 4.31 Å². The Morgan fingerprint density at radius 2 is 1.63 bits per heavy atom. The average Bonchev–Trinajstić information content (AvgIpc) is 3.40. The van der Waals surface area contributed by atoms with Crippen molar-refractivity contribution in [1.29, 1.82) is 0 Å². The highest BCUT2D eigenvalue weighted by molar-refractivity contribution is 7.88. The maximum Gasteiger partial charge on any atom is 0.335 e. The molecule has 1 aliphatic heterocycles. The van der Waals surface area contributed by atoms with E-state index in [1.54, 1.807) is 41.0 Å². The number of carboxylic acids is 2. The number of piperazine rings is 1. The van der Waals surface area contributed by atoms with Gasteiger partial charge in [-0.1, -0.05) is 25.3 Å². The summed E-state index contributed by atoms with van der Waals surface area (Å²) in [6.45, 7) is 1.14. The zero-order valence-corrected chi connectivity index (χ0v) is 27.9. The molecule has 6 rings (SSSR count). The number of benzene rings is 3. The van der Waals surface area contributed by atoms with Gasteiger partial charge in [0.05, 0.1) is 28.0 Å². The smallest absolute Gasteiger partial charge is 0.335 e. The topological polar surface area (TPSA) is 173 Å². The Morgan fingerprint density at radius 1 is 0.939 bits per heavy atom. The first-order valence-corrected chi connectivity index (χ1v) is 18.1. The van der Waals surface area contributed by atoms with Gasteiger partial charge >= 0.3 is 11.9 Å². The van der Waals surface area contributed by atoms with Crippen LogP contribution in [0.2, 0.25) is 0 Å². The van der Waals surface area contributed by atoms with Crippen molar-refractivity contribution in [1.82, 2.24) is 8.87 Å². The van der Waals surface area contributed by atoms with Crippen LogP contribution < -0.4 is 9.64 Å². The fraction of sp³-hybridized carbons (Fsp3) is 0.371. The van der Waals surface area contributed by atoms with Crippen LogP contribution in [0.1, 0.15) is 59.5 Å². The number of aromatic carboxylic acids is 1. The van der Waals surface area contributed by atoms with E-state index in [-0.39, 0.29) is 30.3 Å². The van der Waals surface area contributed by atoms with Crippen LogP contribution in [0.5, 0.6) is 5.75 Å². The van der Waals surface area contributed by atoms with Gasteiger partial charge in [0, 0.05) is 54.9 Å². The number of sulfonamides is 1. The van der Waals surface area contributed by atoms with Crippen molar-refractivity contribution in [3.63, 3.8) is 0 Å². The van der Waals surface area contributed by atoms with Gasteiger partial charge in [-0.25, -0.2) is 13.2 Å². The number of nitro benzene ring substituents is 1. The van der Waals surface area contributed by atoms with E-state index in [4.69, 9.17) is 4.74 Å². The van der Waals surface area contributed by atoms with Crippen molar-refractivity contribution in [3.05, 3.63) is 87.5 Å². The Bertz CT molecular complexity index is 2010. The summed E-state index contributed by atoms with van der Waals surface area (Å²) < 4.78 is 33.3. The molecule has 0 radical (unpaired) electrons. The molecule has 49 heavy (non-hydrogen) atoms. The Kier molecular flexibility index (Phi) is 9.61. The molecule has 13 nitrogen and oxygen atoms in total. The van der Waals surface area contributed by atoms with Gasteiger partial charge in [0.15, 0.2) is 0 Å². The van der Waals surface area contributed by atoms with Crippen molar-refractivity contribution >= 4 is 44.2 Å². The summed E-state index contributed by atoms with van der Waals surface area (Å²) in [5.74, 6) is -1.44. The van der Waals surface area contributed by atoms with Gasteiger partial charge < -0.3 is 24.4 Å². The number of fused-ring (bicyclic) bond motifs is 1. The Balaban J connectivity index is 1.32. The summed E-state index contributed by atoms with van der Waals surface area (Å²) in [5.41, 5.74) is 4.41. The molecule has 0 unspecified atom stereocenters. The average molecular weight is 691 g/mol. The largest absolute Gasteiger partial charge is 0.489 e. The van der Waals surface area contributed by atoms with Crippen LogP contribution in [0.3, 0.4) is 0 Å². The normalized spacial score (nSPS) is 16.1. The molecule has 2 heterocycles. The number of anilines is 1. The summed E-state index contributed by atoms with van der Waals surface area (Å²) in [5, 5.41) is 32.1. The van der Waals surface area contributed by atoms with E-state index in [0.29, 0.717) is 43.0 Å². The Labute approximate surface area is 283 Å². The number of hydrogen-bond acceptors (Lipinski definition) is 8. The van der Waals surface area contributed by atoms with Crippen molar-refractivity contribution in [3.8, 4) is 17.0 Å². The zero-order valence-electron chi connectivity index (χ0n) is 27.1. The molecule has 3 aromatic carbocycles. The van der Waals surface area contributed by atoms with Crippen LogP contribution >= 0.6 is 0 Å². The second kappa shape index (κ2) is 13.9. The van der Waals surface area contributed by atoms with E-state index >= 15 is 0 Å². The van der Waals surface area contributed by atoms with E-state index < -0.39 is 26.9 Å². The van der Waals surface area contributed by atoms with E-state index in [9.17, 15) is 38.3 Å². The number of carboxylic acid groups (broad SMARTS) is 2. The number of ether oxygens (including phenoxy) is 1. The molecule has 1 saturated heterocycles. The van der Waals surface area contributed by atoms with Crippen LogP contribution in [0, 0.1) is 10.1 Å². The molecule has 2 fully saturated rings. The fourth-order valence-electron chi connectivity index (χ4n) is 7.16. The standard InChI is InChI=1S/C35H38N4O9S/c1-49(46,47)37-17-15-36(16-18-37)30-14-10-27(39(44)45)19-26(30)22-48-28-11-7-24(8-12-28)34-33(23-5-3-2-4-6-23)29-13-9-25(35(42)43)20-31(29)38(34)21-32(40)41/h7-14,19-20,23H,2-6,15-18,21-22H2,1H3,(H,40,41)(H,42,43). The highest BCUT2D eigenvalue weighted by atomic mass is 32.2. The van der Waals surface area contributed by atoms with Crippen molar-refractivity contribution in [2.45, 2.75) is 51.2 Å². The van der Waals surface area contributed by atoms with Gasteiger partial charge in [0.2, 0.25) is 10.0 Å². The molecule has 4 aromatic rings. The third-order valence-corrected chi connectivity index (χ3v) is 10.8. The minimum Gasteiger partial charge on any atom is -0.489 e. The number of non-ortho nitro benzene ring substituents is 1. The predicted molar refractivity (Wildman–Crippen MR) is 184 cm³/mol. The van der Waals surface area contributed by atoms with E-state index in [0.717, 1.165) is 60.0 Å². The van der Waals surface area contributed by atoms with E-state index in [1.165, 1.54) is 22.7 Å². The van der Waals surface area contributed by atoms with E-state index in [1.807, 2.05) is 17.0 Å². The molecule has 2 aliphatic rings. The predicted octanol–water partition coefficient (Wildman–Crippen LogP) is 5.71. The van der Waals surface area contributed by atoms with Crippen LogP contribution in [0.25, 0.3) is 22.2 Å². The first-order chi connectivity index (χ1) is 23.4. The maximum absolute atomic E-state index is 12.1. The number of aliphatic carboxylic acids is 1. The molecule has 1 aromatic heterocycles. The number of hydrogen-bond donors (Lipinski definition) is 2. The number of rotatable bonds is 11. The summed E-state index contributed by atoms with van der Waals surface area (Å²) >= 11 is 0.